The number of rotatable bonds is 4. The molecule has 0 aliphatic carbocycles. The van der Waals surface area contributed by atoms with Crippen molar-refractivity contribution in [3.05, 3.63) is 57.7 Å². The lowest BCUT2D eigenvalue weighted by Gasteiger charge is -2.09. The van der Waals surface area contributed by atoms with Crippen molar-refractivity contribution >= 4 is 33.9 Å². The van der Waals surface area contributed by atoms with E-state index in [1.165, 1.54) is 12.1 Å². The van der Waals surface area contributed by atoms with Crippen LogP contribution in [0.1, 0.15) is 11.1 Å². The zero-order valence-electron chi connectivity index (χ0n) is 11.9. The minimum Gasteiger partial charge on any atom is -0.481 e. The Hall–Kier alpha value is -3.15. The molecule has 3 rings (SSSR count). The molecule has 1 heterocycles. The number of carboxylic acid groups (broad SMARTS) is 2. The first-order valence-corrected chi connectivity index (χ1v) is 6.87. The molecule has 1 aromatic heterocycles. The molecule has 0 fully saturated rings. The highest BCUT2D eigenvalue weighted by Crippen LogP contribution is 2.25. The van der Waals surface area contributed by atoms with E-state index in [2.05, 4.69) is 0 Å². The molecule has 0 saturated heterocycles. The summed E-state index contributed by atoms with van der Waals surface area (Å²) in [7, 11) is 0. The van der Waals surface area contributed by atoms with Crippen molar-refractivity contribution in [2.75, 3.05) is 0 Å². The average Bonchev–Trinajstić information content (AvgIpc) is 2.49. The van der Waals surface area contributed by atoms with Crippen molar-refractivity contribution in [1.82, 2.24) is 0 Å². The fourth-order valence-electron chi connectivity index (χ4n) is 2.63. The van der Waals surface area contributed by atoms with E-state index >= 15 is 0 Å². The number of carbonyl (C=O) groups is 2. The van der Waals surface area contributed by atoms with E-state index in [-0.39, 0.29) is 29.2 Å². The Kier molecular flexibility index (Phi) is 3.57. The van der Waals surface area contributed by atoms with E-state index in [1.807, 2.05) is 0 Å². The molecule has 0 amide bonds. The zero-order chi connectivity index (χ0) is 16.6. The third-order valence-corrected chi connectivity index (χ3v) is 3.58. The van der Waals surface area contributed by atoms with E-state index < -0.39 is 11.9 Å². The van der Waals surface area contributed by atoms with E-state index in [1.54, 1.807) is 24.3 Å². The average molecular weight is 312 g/mol. The summed E-state index contributed by atoms with van der Waals surface area (Å²) in [6, 6.07) is 9.56. The number of hydrogen-bond donors (Lipinski definition) is 2. The normalized spacial score (nSPS) is 11.0. The summed E-state index contributed by atoms with van der Waals surface area (Å²) in [5, 5.41) is 18.5. The molecule has 6 nitrogen and oxygen atoms in total. The molecule has 0 aliphatic rings. The van der Waals surface area contributed by atoms with E-state index in [4.69, 9.17) is 14.6 Å². The number of benzene rings is 2. The predicted molar refractivity (Wildman–Crippen MR) is 82.7 cm³/mol. The highest BCUT2D eigenvalue weighted by Gasteiger charge is 2.17. The monoisotopic (exact) mass is 312 g/mol. The lowest BCUT2D eigenvalue weighted by atomic mass is 9.99. The maximum absolute atomic E-state index is 12.7. The number of aliphatic carboxylic acids is 2. The van der Waals surface area contributed by atoms with E-state index in [9.17, 15) is 14.4 Å². The fourth-order valence-corrected chi connectivity index (χ4v) is 2.63. The molecule has 0 saturated carbocycles. The van der Waals surface area contributed by atoms with Gasteiger partial charge in [0.1, 0.15) is 11.2 Å². The highest BCUT2D eigenvalue weighted by molar-refractivity contribution is 5.95. The lowest BCUT2D eigenvalue weighted by molar-refractivity contribution is -0.137. The number of hydrogen-bond acceptors (Lipinski definition) is 4. The first-order valence-electron chi connectivity index (χ1n) is 6.87. The minimum atomic E-state index is -1.08. The van der Waals surface area contributed by atoms with Gasteiger partial charge in [-0.1, -0.05) is 24.3 Å². The van der Waals surface area contributed by atoms with Crippen molar-refractivity contribution in [1.29, 1.82) is 0 Å². The Bertz CT molecular complexity index is 999. The molecular formula is C17H12O6. The minimum absolute atomic E-state index is 0.129. The molecule has 0 unspecified atom stereocenters. The summed E-state index contributed by atoms with van der Waals surface area (Å²) >= 11 is 0. The summed E-state index contributed by atoms with van der Waals surface area (Å²) < 4.78 is 5.73. The largest absolute Gasteiger partial charge is 0.481 e. The SMILES string of the molecule is O=C(O)Cc1ccc(CC(=O)O)c2c(=O)c3ccccc3oc12. The molecule has 0 spiro atoms. The Labute approximate surface area is 129 Å². The molecular weight excluding hydrogens is 300 g/mol. The van der Waals surface area contributed by atoms with Gasteiger partial charge >= 0.3 is 11.9 Å². The Balaban J connectivity index is 2.44. The Morgan fingerprint density at radius 1 is 0.913 bits per heavy atom. The van der Waals surface area contributed by atoms with Gasteiger partial charge in [0.2, 0.25) is 5.43 Å². The summed E-state index contributed by atoms with van der Waals surface area (Å²) in [6.45, 7) is 0. The maximum Gasteiger partial charge on any atom is 0.307 e. The van der Waals surface area contributed by atoms with Crippen molar-refractivity contribution in [2.24, 2.45) is 0 Å². The Morgan fingerprint density at radius 2 is 1.52 bits per heavy atom. The van der Waals surface area contributed by atoms with Gasteiger partial charge in [0.05, 0.1) is 23.6 Å². The van der Waals surface area contributed by atoms with Crippen molar-refractivity contribution in [3.63, 3.8) is 0 Å². The second-order valence-corrected chi connectivity index (χ2v) is 5.16. The number of carboxylic acids is 2. The third kappa shape index (κ3) is 2.66. The third-order valence-electron chi connectivity index (χ3n) is 3.58. The standard InChI is InChI=1S/C17H12O6/c18-13(19)7-9-5-6-10(8-14(20)21)17-15(9)16(22)11-3-1-2-4-12(11)23-17/h1-6H,7-8H2,(H,18,19)(H,20,21). The van der Waals surface area contributed by atoms with Crippen LogP contribution in [-0.4, -0.2) is 22.2 Å². The van der Waals surface area contributed by atoms with Crippen molar-refractivity contribution in [2.45, 2.75) is 12.8 Å². The summed E-state index contributed by atoms with van der Waals surface area (Å²) in [5.41, 5.74) is 0.759. The topological polar surface area (TPSA) is 105 Å². The molecule has 116 valence electrons. The van der Waals surface area contributed by atoms with E-state index in [0.29, 0.717) is 22.1 Å². The van der Waals surface area contributed by atoms with Crippen LogP contribution >= 0.6 is 0 Å². The predicted octanol–water partition coefficient (Wildman–Crippen LogP) is 2.20. The van der Waals surface area contributed by atoms with Crippen LogP contribution in [0.2, 0.25) is 0 Å². The smallest absolute Gasteiger partial charge is 0.307 e. The van der Waals surface area contributed by atoms with Gasteiger partial charge in [0, 0.05) is 5.56 Å². The molecule has 6 heteroatoms. The van der Waals surface area contributed by atoms with Crippen LogP contribution in [0.15, 0.2) is 45.6 Å². The molecule has 3 aromatic rings. The van der Waals surface area contributed by atoms with Crippen molar-refractivity contribution < 1.29 is 24.2 Å². The van der Waals surface area contributed by atoms with Gasteiger partial charge in [-0.2, -0.15) is 0 Å². The molecule has 0 atom stereocenters. The zero-order valence-corrected chi connectivity index (χ0v) is 11.9. The fraction of sp³-hybridized carbons (Fsp3) is 0.118. The molecule has 0 radical (unpaired) electrons. The van der Waals surface area contributed by atoms with E-state index in [0.717, 1.165) is 0 Å². The van der Waals surface area contributed by atoms with Crippen LogP contribution in [0.3, 0.4) is 0 Å². The second kappa shape index (κ2) is 5.57. The summed E-state index contributed by atoms with van der Waals surface area (Å²) in [5.74, 6) is -2.14. The van der Waals surface area contributed by atoms with Gasteiger partial charge in [0.25, 0.3) is 0 Å². The van der Waals surface area contributed by atoms with Crippen LogP contribution < -0.4 is 5.43 Å². The molecule has 0 bridgehead atoms. The van der Waals surface area contributed by atoms with Gasteiger partial charge in [0.15, 0.2) is 0 Å². The summed E-state index contributed by atoms with van der Waals surface area (Å²) in [6.07, 6.45) is -0.655. The van der Waals surface area contributed by atoms with Crippen LogP contribution in [0.4, 0.5) is 0 Å². The molecule has 0 aliphatic heterocycles. The van der Waals surface area contributed by atoms with Crippen molar-refractivity contribution in [3.8, 4) is 0 Å². The Morgan fingerprint density at radius 3 is 2.22 bits per heavy atom. The van der Waals surface area contributed by atoms with Gasteiger partial charge < -0.3 is 14.6 Å². The van der Waals surface area contributed by atoms with Gasteiger partial charge in [-0.25, -0.2) is 0 Å². The quantitative estimate of drug-likeness (QED) is 0.716. The maximum atomic E-state index is 12.7. The van der Waals surface area contributed by atoms with Crippen LogP contribution in [0.5, 0.6) is 0 Å². The number of fused-ring (bicyclic) bond motifs is 2. The number of para-hydroxylation sites is 1. The van der Waals surface area contributed by atoms with Gasteiger partial charge in [-0.05, 0) is 17.7 Å². The van der Waals surface area contributed by atoms with Crippen LogP contribution in [0.25, 0.3) is 21.9 Å². The molecule has 23 heavy (non-hydrogen) atoms. The first-order chi connectivity index (χ1) is 11.0. The highest BCUT2D eigenvalue weighted by atomic mass is 16.4. The van der Waals surface area contributed by atoms with Gasteiger partial charge in [-0.3, -0.25) is 14.4 Å². The lowest BCUT2D eigenvalue weighted by Crippen LogP contribution is -2.11. The second-order valence-electron chi connectivity index (χ2n) is 5.16. The van der Waals surface area contributed by atoms with Crippen LogP contribution in [-0.2, 0) is 22.4 Å². The summed E-state index contributed by atoms with van der Waals surface area (Å²) in [4.78, 5) is 34.8. The molecule has 2 aromatic carbocycles. The van der Waals surface area contributed by atoms with Crippen LogP contribution in [0, 0.1) is 0 Å². The first kappa shape index (κ1) is 14.8. The van der Waals surface area contributed by atoms with Gasteiger partial charge in [-0.15, -0.1) is 0 Å². The molecule has 2 N–H and O–H groups in total.